The first-order valence-electron chi connectivity index (χ1n) is 32.9. The van der Waals surface area contributed by atoms with E-state index in [2.05, 4.69) is 24.3 Å². The first-order chi connectivity index (χ1) is 44.0. The summed E-state index contributed by atoms with van der Waals surface area (Å²) in [7, 11) is 0. The van der Waals surface area contributed by atoms with Crippen molar-refractivity contribution in [1.82, 2.24) is 0 Å². The van der Waals surface area contributed by atoms with Crippen LogP contribution >= 0.6 is 0 Å². The molecule has 24 nitrogen and oxygen atoms in total. The van der Waals surface area contributed by atoms with Gasteiger partial charge in [0, 0.05) is 25.7 Å². The maximum atomic E-state index is 14.5. The summed E-state index contributed by atoms with van der Waals surface area (Å²) in [5, 5.41) is 57.1. The lowest BCUT2D eigenvalue weighted by molar-refractivity contribution is -0.183. The largest absolute Gasteiger partial charge is 0.464 e. The molecule has 0 aromatic rings. The number of esters is 9. The van der Waals surface area contributed by atoms with Gasteiger partial charge in [0.2, 0.25) is 0 Å². The van der Waals surface area contributed by atoms with Crippen molar-refractivity contribution >= 4 is 53.7 Å². The van der Waals surface area contributed by atoms with E-state index in [0.717, 1.165) is 0 Å². The molecular formula is C71H120N6O18. The highest BCUT2D eigenvalue weighted by Gasteiger charge is 2.47. The van der Waals surface area contributed by atoms with Crippen molar-refractivity contribution in [3.63, 3.8) is 0 Å². The van der Waals surface area contributed by atoms with Gasteiger partial charge in [-0.25, -0.2) is 0 Å². The van der Waals surface area contributed by atoms with Crippen LogP contribution in [0.15, 0.2) is 0 Å². The van der Waals surface area contributed by atoms with Gasteiger partial charge in [0.1, 0.15) is 86.5 Å². The summed E-state index contributed by atoms with van der Waals surface area (Å²) < 4.78 is 50.3. The number of hydrogen-bond donors (Lipinski definition) is 0. The third-order valence-corrected chi connectivity index (χ3v) is 13.6. The van der Waals surface area contributed by atoms with Crippen LogP contribution in [-0.2, 0) is 85.8 Å². The number of nitrogens with zero attached hydrogens (tertiary/aromatic N) is 6. The first-order valence-corrected chi connectivity index (χ1v) is 32.9. The van der Waals surface area contributed by atoms with Crippen molar-refractivity contribution in [1.29, 1.82) is 31.6 Å². The quantitative estimate of drug-likeness (QED) is 0.0415. The summed E-state index contributed by atoms with van der Waals surface area (Å²) in [5.41, 5.74) is -14.9. The number of rotatable bonds is 36. The summed E-state index contributed by atoms with van der Waals surface area (Å²) in [6.07, 6.45) is -0.851. The Hall–Kier alpha value is -7.83. The molecule has 0 spiro atoms. The number of hydrogen-bond acceptors (Lipinski definition) is 24. The zero-order valence-electron chi connectivity index (χ0n) is 63.3. The zero-order valence-corrected chi connectivity index (χ0v) is 63.3. The van der Waals surface area contributed by atoms with Crippen molar-refractivity contribution < 1.29 is 85.8 Å². The zero-order chi connectivity index (χ0) is 76.5. The van der Waals surface area contributed by atoms with Crippen LogP contribution in [-0.4, -0.2) is 113 Å². The molecule has 0 saturated carbocycles. The Labute approximate surface area is 570 Å². The maximum Gasteiger partial charge on any atom is 0.325 e. The Morgan fingerprint density at radius 2 is 0.432 bits per heavy atom. The third-order valence-electron chi connectivity index (χ3n) is 13.6. The highest BCUT2D eigenvalue weighted by molar-refractivity contribution is 5.83. The molecule has 0 aromatic heterocycles. The number of carbonyl (C=O) groups is 9. The smallest absolute Gasteiger partial charge is 0.325 e. The van der Waals surface area contributed by atoms with Gasteiger partial charge in [0.05, 0.1) is 63.5 Å². The van der Waals surface area contributed by atoms with Gasteiger partial charge in [0.25, 0.3) is 0 Å². The van der Waals surface area contributed by atoms with Crippen molar-refractivity contribution in [2.45, 2.75) is 252 Å². The van der Waals surface area contributed by atoms with Crippen LogP contribution in [0.25, 0.3) is 0 Å². The van der Waals surface area contributed by atoms with Crippen molar-refractivity contribution in [2.24, 2.45) is 54.1 Å². The fourth-order valence-corrected chi connectivity index (χ4v) is 6.12. The van der Waals surface area contributed by atoms with E-state index in [0.29, 0.717) is 0 Å². The molecule has 0 radical (unpaired) electrons. The molecule has 542 valence electrons. The molecule has 0 N–H and O–H groups in total. The topological polar surface area (TPSA) is 379 Å². The van der Waals surface area contributed by atoms with E-state index in [1.54, 1.807) is 67.5 Å². The Morgan fingerprint density at radius 3 is 0.589 bits per heavy atom. The lowest BCUT2D eigenvalue weighted by Crippen LogP contribution is -2.47. The summed E-state index contributed by atoms with van der Waals surface area (Å²) >= 11 is 0. The van der Waals surface area contributed by atoms with Crippen LogP contribution in [0.2, 0.25) is 0 Å². The van der Waals surface area contributed by atoms with Crippen LogP contribution in [0.1, 0.15) is 252 Å². The predicted octanol–water partition coefficient (Wildman–Crippen LogP) is 13.9. The third kappa shape index (κ3) is 41.6. The second kappa shape index (κ2) is 49.7. The molecule has 0 saturated heterocycles. The molecule has 0 aliphatic rings. The molecule has 0 amide bonds. The summed E-state index contributed by atoms with van der Waals surface area (Å²) in [4.78, 5) is 121. The maximum absolute atomic E-state index is 14.5. The minimum atomic E-state index is -2.08. The highest BCUT2D eigenvalue weighted by Crippen LogP contribution is 2.34. The van der Waals surface area contributed by atoms with Crippen LogP contribution in [0.4, 0.5) is 0 Å². The average Bonchev–Trinajstić information content (AvgIpc) is 0.844. The second-order valence-electron chi connectivity index (χ2n) is 25.5. The Bertz CT molecular complexity index is 2360. The van der Waals surface area contributed by atoms with E-state index in [4.69, 9.17) is 42.6 Å². The SMILES string of the molecule is CC.CC.CC.CC.CC.CC.CCC(COC(=O)C(C)(COC(=O)CCC(C)(C)C#N)COC(=O)CCC(C)(C)C#N)(COC(=O)C(C)(COC(=O)CCC(C)(C)C#N)COC(=O)CCC(C)(C)C#N)COC(=O)C(C)(COC(=O)C(C)(C)C#N)COC(=O)C(C)(C)C#N. The fourth-order valence-electron chi connectivity index (χ4n) is 6.12. The van der Waals surface area contributed by atoms with Gasteiger partial charge < -0.3 is 42.6 Å². The van der Waals surface area contributed by atoms with Gasteiger partial charge in [-0.3, -0.25) is 43.2 Å². The van der Waals surface area contributed by atoms with Crippen molar-refractivity contribution in [2.75, 3.05) is 59.5 Å². The monoisotopic (exact) mass is 1340 g/mol. The molecule has 0 unspecified atom stereocenters. The Morgan fingerprint density at radius 1 is 0.263 bits per heavy atom. The number of carbonyl (C=O) groups excluding carboxylic acids is 9. The first kappa shape index (κ1) is 101. The molecule has 0 aliphatic heterocycles. The van der Waals surface area contributed by atoms with Gasteiger partial charge in [-0.15, -0.1) is 0 Å². The van der Waals surface area contributed by atoms with E-state index < -0.39 is 167 Å². The van der Waals surface area contributed by atoms with Crippen LogP contribution in [0.5, 0.6) is 0 Å². The number of nitriles is 6. The minimum Gasteiger partial charge on any atom is -0.464 e. The molecule has 0 rings (SSSR count). The highest BCUT2D eigenvalue weighted by atomic mass is 16.6. The standard InChI is InChI=1S/C59H84N6O18.6C2H6/c1-17-59(40-83-49(74)58(16,36-79-45(70)54(10,11)30-64)37-80-46(71)55(12,13)31-65,38-81-47(72)56(14,32-75-41(66)18-22-50(2,3)26-60)33-76-42(67)19-23-51(4,5)27-61)39-82-48(73)57(15,34-77-43(68)20-24-52(6,7)28-62)35-78-44(69)21-25-53(8,9)29-63;6*1-2/h17-25,32-40H2,1-16H3;6*1-2H3. The molecule has 0 bridgehead atoms. The fraction of sp³-hybridized carbons (Fsp3) is 0.789. The Kier molecular flexibility index (Phi) is 52.7. The predicted molar refractivity (Wildman–Crippen MR) is 357 cm³/mol. The van der Waals surface area contributed by atoms with Crippen molar-refractivity contribution in [3.8, 4) is 36.4 Å². The molecule has 0 aliphatic carbocycles. The van der Waals surface area contributed by atoms with Gasteiger partial charge >= 0.3 is 53.7 Å². The molecule has 0 atom stereocenters. The molecule has 95 heavy (non-hydrogen) atoms. The minimum absolute atomic E-state index is 0.0779. The van der Waals surface area contributed by atoms with E-state index in [1.165, 1.54) is 55.4 Å². The van der Waals surface area contributed by atoms with E-state index in [-0.39, 0.29) is 57.8 Å². The molecule has 0 heterocycles. The average molecular weight is 1350 g/mol. The summed E-state index contributed by atoms with van der Waals surface area (Å²) in [6.45, 7) is 40.0. The lowest BCUT2D eigenvalue weighted by atomic mass is 9.86. The number of ether oxygens (including phenoxy) is 9. The lowest BCUT2D eigenvalue weighted by Gasteiger charge is -2.36. The van der Waals surface area contributed by atoms with Crippen molar-refractivity contribution in [3.05, 3.63) is 0 Å². The van der Waals surface area contributed by atoms with Gasteiger partial charge in [-0.2, -0.15) is 31.6 Å². The second-order valence-corrected chi connectivity index (χ2v) is 25.5. The van der Waals surface area contributed by atoms with Crippen LogP contribution in [0, 0.1) is 122 Å². The van der Waals surface area contributed by atoms with Gasteiger partial charge in [-0.05, 0) is 136 Å². The van der Waals surface area contributed by atoms with Gasteiger partial charge in [-0.1, -0.05) is 90.0 Å². The van der Waals surface area contributed by atoms with Crippen LogP contribution in [0.3, 0.4) is 0 Å². The van der Waals surface area contributed by atoms with E-state index >= 15 is 0 Å². The molecular weight excluding hydrogens is 1220 g/mol. The summed E-state index contributed by atoms with van der Waals surface area (Å²) in [6, 6.07) is 11.8. The normalized spacial score (nSPS) is 11.2. The van der Waals surface area contributed by atoms with Gasteiger partial charge in [0.15, 0.2) is 0 Å². The van der Waals surface area contributed by atoms with Crippen LogP contribution < -0.4 is 0 Å². The molecule has 0 fully saturated rings. The molecule has 24 heteroatoms. The Balaban J connectivity index is -0.00000121. The van der Waals surface area contributed by atoms with E-state index in [1.807, 2.05) is 83.1 Å². The molecule has 0 aromatic carbocycles. The summed E-state index contributed by atoms with van der Waals surface area (Å²) in [5.74, 6) is -8.96. The van der Waals surface area contributed by atoms with E-state index in [9.17, 15) is 74.7 Å².